The maximum absolute atomic E-state index is 12.0. The molecule has 0 bridgehead atoms. The van der Waals surface area contributed by atoms with Crippen LogP contribution >= 0.6 is 24.4 Å². The summed E-state index contributed by atoms with van der Waals surface area (Å²) in [7, 11) is 0. The lowest BCUT2D eigenvalue weighted by atomic mass is 10.2. The molecule has 0 spiro atoms. The lowest BCUT2D eigenvalue weighted by molar-refractivity contribution is 0.100. The quantitative estimate of drug-likeness (QED) is 0.758. The highest BCUT2D eigenvalue weighted by Gasteiger charge is 2.12. The van der Waals surface area contributed by atoms with Gasteiger partial charge in [-0.25, -0.2) is 9.10 Å². The minimum Gasteiger partial charge on any atom is -0.366 e. The maximum Gasteiger partial charge on any atom is 0.336 e. The van der Waals surface area contributed by atoms with E-state index in [-0.39, 0.29) is 0 Å². The molecule has 0 saturated heterocycles. The standard InChI is InChI=1S/C14H12ClN3O2S/c15-10-3-5-11(6-4-10)17-14(20)18(21)12-7-1-9(2-8-12)13(16)19/h1-8,21H,(H2,16,19)(H,17,20). The van der Waals surface area contributed by atoms with Crippen molar-refractivity contribution in [3.05, 3.63) is 59.1 Å². The third kappa shape index (κ3) is 3.90. The first-order chi connectivity index (χ1) is 9.97. The number of carbonyl (C=O) groups excluding carboxylic acids is 2. The maximum atomic E-state index is 12.0. The van der Waals surface area contributed by atoms with Crippen LogP contribution in [0.25, 0.3) is 0 Å². The number of primary amides is 1. The molecule has 0 heterocycles. The molecule has 3 N–H and O–H groups in total. The molecule has 2 aromatic carbocycles. The number of nitrogens with zero attached hydrogens (tertiary/aromatic N) is 1. The highest BCUT2D eigenvalue weighted by atomic mass is 35.5. The molecule has 2 aromatic rings. The van der Waals surface area contributed by atoms with E-state index in [1.54, 1.807) is 36.4 Å². The van der Waals surface area contributed by atoms with Crippen LogP contribution in [0.2, 0.25) is 5.02 Å². The SMILES string of the molecule is NC(=O)c1ccc(N(S)C(=O)Nc2ccc(Cl)cc2)cc1. The lowest BCUT2D eigenvalue weighted by Gasteiger charge is -2.16. The smallest absolute Gasteiger partial charge is 0.336 e. The molecule has 0 fully saturated rings. The molecule has 21 heavy (non-hydrogen) atoms. The van der Waals surface area contributed by atoms with E-state index in [0.29, 0.717) is 22.0 Å². The molecule has 7 heteroatoms. The van der Waals surface area contributed by atoms with Crippen LogP contribution in [0.4, 0.5) is 16.2 Å². The summed E-state index contributed by atoms with van der Waals surface area (Å²) in [5, 5.41) is 3.25. The number of amides is 3. The first kappa shape index (κ1) is 15.2. The van der Waals surface area contributed by atoms with Crippen LogP contribution in [0, 0.1) is 0 Å². The third-order valence-electron chi connectivity index (χ3n) is 2.68. The second-order valence-corrected chi connectivity index (χ2v) is 5.00. The molecule has 0 aliphatic rings. The van der Waals surface area contributed by atoms with Crippen LogP contribution in [0.15, 0.2) is 48.5 Å². The van der Waals surface area contributed by atoms with Crippen LogP contribution < -0.4 is 15.4 Å². The zero-order valence-corrected chi connectivity index (χ0v) is 12.4. The number of hydrogen-bond acceptors (Lipinski definition) is 3. The summed E-state index contributed by atoms with van der Waals surface area (Å²) in [4.78, 5) is 23.0. The average Bonchev–Trinajstić information content (AvgIpc) is 2.49. The average molecular weight is 322 g/mol. The summed E-state index contributed by atoms with van der Waals surface area (Å²) in [6.45, 7) is 0. The highest BCUT2D eigenvalue weighted by molar-refractivity contribution is 7.82. The van der Waals surface area contributed by atoms with E-state index in [4.69, 9.17) is 17.3 Å². The minimum atomic E-state index is -0.530. The molecule has 0 unspecified atom stereocenters. The number of rotatable bonds is 3. The monoisotopic (exact) mass is 321 g/mol. The topological polar surface area (TPSA) is 75.4 Å². The van der Waals surface area contributed by atoms with Crippen LogP contribution in [0.5, 0.6) is 0 Å². The molecular formula is C14H12ClN3O2S. The van der Waals surface area contributed by atoms with E-state index in [0.717, 1.165) is 4.31 Å². The van der Waals surface area contributed by atoms with Crippen LogP contribution in [-0.2, 0) is 0 Å². The Morgan fingerprint density at radius 3 is 2.14 bits per heavy atom. The Morgan fingerprint density at radius 2 is 1.62 bits per heavy atom. The normalized spacial score (nSPS) is 10.0. The van der Waals surface area contributed by atoms with Gasteiger partial charge in [0.1, 0.15) is 0 Å². The Hall–Kier alpha value is -2.18. The van der Waals surface area contributed by atoms with E-state index >= 15 is 0 Å². The van der Waals surface area contributed by atoms with Gasteiger partial charge in [0, 0.05) is 16.3 Å². The molecule has 3 amide bonds. The second-order valence-electron chi connectivity index (χ2n) is 4.16. The van der Waals surface area contributed by atoms with Crippen LogP contribution in [-0.4, -0.2) is 11.9 Å². The van der Waals surface area contributed by atoms with E-state index in [1.165, 1.54) is 12.1 Å². The van der Waals surface area contributed by atoms with E-state index in [2.05, 4.69) is 18.1 Å². The Bertz CT molecular complexity index is 659. The Kier molecular flexibility index (Phi) is 4.72. The fraction of sp³-hybridized carbons (Fsp3) is 0. The van der Waals surface area contributed by atoms with E-state index in [1.807, 2.05) is 0 Å². The zero-order chi connectivity index (χ0) is 15.4. The summed E-state index contributed by atoms with van der Waals surface area (Å²) >= 11 is 9.90. The summed E-state index contributed by atoms with van der Waals surface area (Å²) in [6, 6.07) is 12.5. The molecule has 0 radical (unpaired) electrons. The fourth-order valence-electron chi connectivity index (χ4n) is 1.59. The number of anilines is 2. The third-order valence-corrected chi connectivity index (χ3v) is 3.35. The molecule has 0 aliphatic carbocycles. The second kappa shape index (κ2) is 6.51. The van der Waals surface area contributed by atoms with Crippen molar-refractivity contribution < 1.29 is 9.59 Å². The Morgan fingerprint density at radius 1 is 1.05 bits per heavy atom. The number of carbonyl (C=O) groups is 2. The Labute approximate surface area is 132 Å². The van der Waals surface area contributed by atoms with Gasteiger partial charge in [0.05, 0.1) is 5.69 Å². The van der Waals surface area contributed by atoms with Crippen molar-refractivity contribution in [2.75, 3.05) is 9.62 Å². The number of halogens is 1. The fourth-order valence-corrected chi connectivity index (χ4v) is 1.90. The van der Waals surface area contributed by atoms with Gasteiger partial charge in [-0.15, -0.1) is 0 Å². The molecule has 2 rings (SSSR count). The van der Waals surface area contributed by atoms with Gasteiger partial charge >= 0.3 is 6.03 Å². The summed E-state index contributed by atoms with van der Waals surface area (Å²) in [6.07, 6.45) is 0. The van der Waals surface area contributed by atoms with Crippen molar-refractivity contribution in [2.24, 2.45) is 5.73 Å². The van der Waals surface area contributed by atoms with Gasteiger partial charge in [-0.1, -0.05) is 24.4 Å². The van der Waals surface area contributed by atoms with Crippen LogP contribution in [0.3, 0.4) is 0 Å². The zero-order valence-electron chi connectivity index (χ0n) is 10.8. The van der Waals surface area contributed by atoms with Gasteiger partial charge in [-0.05, 0) is 48.5 Å². The van der Waals surface area contributed by atoms with Gasteiger partial charge in [0.2, 0.25) is 5.91 Å². The number of benzene rings is 2. The summed E-state index contributed by atoms with van der Waals surface area (Å²) in [5.41, 5.74) is 6.62. The largest absolute Gasteiger partial charge is 0.366 e. The number of urea groups is 1. The first-order valence-corrected chi connectivity index (χ1v) is 6.70. The number of nitrogens with one attached hydrogen (secondary N) is 1. The summed E-state index contributed by atoms with van der Waals surface area (Å²) in [5.74, 6) is -0.530. The van der Waals surface area contributed by atoms with Gasteiger partial charge in [0.25, 0.3) is 0 Å². The predicted molar refractivity (Wildman–Crippen MR) is 86.9 cm³/mol. The Balaban J connectivity index is 2.08. The van der Waals surface area contributed by atoms with Crippen molar-refractivity contribution >= 4 is 47.7 Å². The van der Waals surface area contributed by atoms with Crippen molar-refractivity contribution in [1.29, 1.82) is 0 Å². The predicted octanol–water partition coefficient (Wildman–Crippen LogP) is 3.32. The number of nitrogens with two attached hydrogens (primary N) is 1. The lowest BCUT2D eigenvalue weighted by Crippen LogP contribution is -2.26. The molecular weight excluding hydrogens is 310 g/mol. The van der Waals surface area contributed by atoms with Gasteiger partial charge in [-0.3, -0.25) is 4.79 Å². The molecule has 5 nitrogen and oxygen atoms in total. The van der Waals surface area contributed by atoms with Gasteiger partial charge < -0.3 is 11.1 Å². The van der Waals surface area contributed by atoms with Crippen molar-refractivity contribution in [1.82, 2.24) is 0 Å². The van der Waals surface area contributed by atoms with Gasteiger partial charge in [-0.2, -0.15) is 0 Å². The number of hydrogen-bond donors (Lipinski definition) is 3. The van der Waals surface area contributed by atoms with Crippen molar-refractivity contribution in [2.45, 2.75) is 0 Å². The number of thiol groups is 1. The van der Waals surface area contributed by atoms with Crippen molar-refractivity contribution in [3.63, 3.8) is 0 Å². The molecule has 0 saturated carbocycles. The molecule has 0 aliphatic heterocycles. The molecule has 0 aromatic heterocycles. The molecule has 108 valence electrons. The first-order valence-electron chi connectivity index (χ1n) is 5.93. The molecule has 0 atom stereocenters. The van der Waals surface area contributed by atoms with E-state index in [9.17, 15) is 9.59 Å². The highest BCUT2D eigenvalue weighted by Crippen LogP contribution is 2.19. The summed E-state index contributed by atoms with van der Waals surface area (Å²) < 4.78 is 1.12. The van der Waals surface area contributed by atoms with Crippen LogP contribution in [0.1, 0.15) is 10.4 Å². The minimum absolute atomic E-state index is 0.360. The van der Waals surface area contributed by atoms with E-state index < -0.39 is 11.9 Å². The van der Waals surface area contributed by atoms with Gasteiger partial charge in [0.15, 0.2) is 0 Å². The van der Waals surface area contributed by atoms with Crippen molar-refractivity contribution in [3.8, 4) is 0 Å².